The van der Waals surface area contributed by atoms with Crippen molar-refractivity contribution in [3.8, 4) is 61.3 Å². The Morgan fingerprint density at radius 1 is 0.200 bits per heavy atom. The molecule has 0 unspecified atom stereocenters. The van der Waals surface area contributed by atoms with Crippen LogP contribution in [0.1, 0.15) is 13.8 Å². The van der Waals surface area contributed by atoms with E-state index in [1.165, 1.54) is 142 Å². The normalized spacial score (nSPS) is 11.6. The number of benzene rings is 14. The van der Waals surface area contributed by atoms with E-state index >= 15 is 0 Å². The van der Waals surface area contributed by atoms with Gasteiger partial charge < -0.3 is 4.57 Å². The number of rotatable bonds is 6. The van der Waals surface area contributed by atoms with E-state index in [0.717, 1.165) is 5.69 Å². The van der Waals surface area contributed by atoms with Crippen molar-refractivity contribution in [3.63, 3.8) is 0 Å². The molecule has 0 amide bonds. The molecule has 0 spiro atoms. The van der Waals surface area contributed by atoms with Crippen LogP contribution in [0.2, 0.25) is 0 Å². The second-order valence-electron chi connectivity index (χ2n) is 19.6. The lowest BCUT2D eigenvalue weighted by molar-refractivity contribution is 1.18. The van der Waals surface area contributed by atoms with Crippen LogP contribution in [0, 0.1) is 0 Å². The van der Waals surface area contributed by atoms with E-state index < -0.39 is 0 Å². The molecule has 0 atom stereocenters. The summed E-state index contributed by atoms with van der Waals surface area (Å²) in [5.41, 5.74) is 15.6. The van der Waals surface area contributed by atoms with Crippen LogP contribution in [0.3, 0.4) is 0 Å². The van der Waals surface area contributed by atoms with Gasteiger partial charge in [0.2, 0.25) is 0 Å². The first-order valence-electron chi connectivity index (χ1n) is 26.3. The molecule has 1 aromatic heterocycles. The van der Waals surface area contributed by atoms with Gasteiger partial charge >= 0.3 is 0 Å². The summed E-state index contributed by atoms with van der Waals surface area (Å²) >= 11 is 0. The van der Waals surface area contributed by atoms with Crippen LogP contribution in [0.4, 0.5) is 0 Å². The molecular weight excluding hydrogens is 903 g/mol. The van der Waals surface area contributed by atoms with Crippen LogP contribution in [-0.2, 0) is 0 Å². The molecule has 0 saturated carbocycles. The van der Waals surface area contributed by atoms with Gasteiger partial charge in [0.25, 0.3) is 0 Å². The summed E-state index contributed by atoms with van der Waals surface area (Å²) in [6.45, 7) is 4.00. The lowest BCUT2D eigenvalue weighted by atomic mass is 9.92. The maximum absolute atomic E-state index is 2.45. The van der Waals surface area contributed by atoms with Crippen LogP contribution >= 0.6 is 0 Å². The van der Waals surface area contributed by atoms with Gasteiger partial charge in [0.15, 0.2) is 0 Å². The zero-order valence-corrected chi connectivity index (χ0v) is 41.9. The summed E-state index contributed by atoms with van der Waals surface area (Å²) in [5.74, 6) is 0. The van der Waals surface area contributed by atoms with Gasteiger partial charge in [-0.05, 0) is 175 Å². The number of hydrogen-bond acceptors (Lipinski definition) is 0. The largest absolute Gasteiger partial charge is 0.309 e. The smallest absolute Gasteiger partial charge is 0.0541 e. The van der Waals surface area contributed by atoms with Crippen LogP contribution in [0.15, 0.2) is 273 Å². The first-order chi connectivity index (χ1) is 37.2. The van der Waals surface area contributed by atoms with Gasteiger partial charge in [0, 0.05) is 16.5 Å². The van der Waals surface area contributed by atoms with E-state index in [1.807, 2.05) is 13.8 Å². The molecule has 75 heavy (non-hydrogen) atoms. The predicted molar refractivity (Wildman–Crippen MR) is 324 cm³/mol. The second kappa shape index (κ2) is 18.2. The molecule has 352 valence electrons. The highest BCUT2D eigenvalue weighted by Gasteiger charge is 2.17. The molecule has 1 nitrogen and oxygen atoms in total. The van der Waals surface area contributed by atoms with Crippen molar-refractivity contribution in [2.45, 2.75) is 13.8 Å². The maximum Gasteiger partial charge on any atom is 0.0541 e. The zero-order chi connectivity index (χ0) is 50.0. The highest BCUT2D eigenvalue weighted by Crippen LogP contribution is 2.42. The van der Waals surface area contributed by atoms with Crippen molar-refractivity contribution in [1.82, 2.24) is 4.57 Å². The molecule has 15 aromatic rings. The molecule has 1 heterocycles. The lowest BCUT2D eigenvalue weighted by Crippen LogP contribution is -1.94. The van der Waals surface area contributed by atoms with Gasteiger partial charge in [-0.25, -0.2) is 0 Å². The van der Waals surface area contributed by atoms with E-state index in [1.54, 1.807) is 0 Å². The number of aromatic nitrogens is 1. The van der Waals surface area contributed by atoms with Crippen LogP contribution < -0.4 is 0 Å². The number of nitrogens with zero attached hydrogens (tertiary/aromatic N) is 1. The Kier molecular flexibility index (Phi) is 10.7. The standard InChI is InChI=1S/C72H45N.C2H6/c1-4-16-57-53(13-1)43-66(63-22-10-7-19-60(57)63)48-29-25-46(26-30-48)51-35-39-71-69(41-51)70-42-52(47-27-31-49(32-28-47)67-44-54-14-2-5-17-58(54)61-20-8-11-23-64(61)67)36-40-72(70)73(71)56-37-33-50(34-38-56)68-45-55-15-3-6-18-59(55)62-21-9-12-24-65(62)68;1-2/h1-45H;1-2H3. The Hall–Kier alpha value is -9.56. The molecular formula is C74H51N. The van der Waals surface area contributed by atoms with Gasteiger partial charge in [-0.3, -0.25) is 0 Å². The minimum atomic E-state index is 1.13. The molecule has 1 heteroatoms. The summed E-state index contributed by atoms with van der Waals surface area (Å²) in [5, 5.41) is 17.7. The molecule has 0 radical (unpaired) electrons. The third-order valence-corrected chi connectivity index (χ3v) is 15.6. The van der Waals surface area contributed by atoms with Crippen LogP contribution in [0.25, 0.3) is 148 Å². The van der Waals surface area contributed by atoms with E-state index in [4.69, 9.17) is 0 Å². The molecule has 0 aliphatic carbocycles. The molecule has 14 aromatic carbocycles. The molecule has 0 saturated heterocycles. The van der Waals surface area contributed by atoms with Gasteiger partial charge in [0.1, 0.15) is 0 Å². The zero-order valence-electron chi connectivity index (χ0n) is 41.9. The molecule has 15 rings (SSSR count). The summed E-state index contributed by atoms with van der Waals surface area (Å²) in [4.78, 5) is 0. The highest BCUT2D eigenvalue weighted by atomic mass is 15.0. The molecule has 0 bridgehead atoms. The fraction of sp³-hybridized carbons (Fsp3) is 0.0270. The minimum Gasteiger partial charge on any atom is -0.309 e. The van der Waals surface area contributed by atoms with E-state index in [9.17, 15) is 0 Å². The molecule has 0 aliphatic rings. The Balaban J connectivity index is 0.00000255. The third-order valence-electron chi connectivity index (χ3n) is 15.6. The predicted octanol–water partition coefficient (Wildman–Crippen LogP) is 21.1. The summed E-state index contributed by atoms with van der Waals surface area (Å²) in [6.07, 6.45) is 0. The van der Waals surface area contributed by atoms with Gasteiger partial charge in [-0.1, -0.05) is 232 Å². The Labute approximate surface area is 436 Å². The first-order valence-corrected chi connectivity index (χ1v) is 26.3. The lowest BCUT2D eigenvalue weighted by Gasteiger charge is -2.13. The quantitative estimate of drug-likeness (QED) is 0.146. The van der Waals surface area contributed by atoms with Gasteiger partial charge in [-0.15, -0.1) is 0 Å². The number of fused-ring (bicyclic) bond motifs is 12. The highest BCUT2D eigenvalue weighted by molar-refractivity contribution is 6.17. The maximum atomic E-state index is 2.45. The first kappa shape index (κ1) is 44.2. The summed E-state index contributed by atoms with van der Waals surface area (Å²) in [6, 6.07) is 101. The molecule has 0 fully saturated rings. The van der Waals surface area contributed by atoms with E-state index in [0.29, 0.717) is 0 Å². The van der Waals surface area contributed by atoms with Crippen LogP contribution in [0.5, 0.6) is 0 Å². The van der Waals surface area contributed by atoms with E-state index in [2.05, 4.69) is 278 Å². The van der Waals surface area contributed by atoms with Crippen molar-refractivity contribution in [2.24, 2.45) is 0 Å². The van der Waals surface area contributed by atoms with Crippen LogP contribution in [-0.4, -0.2) is 4.57 Å². The fourth-order valence-electron chi connectivity index (χ4n) is 12.0. The van der Waals surface area contributed by atoms with Gasteiger partial charge in [0.05, 0.1) is 11.0 Å². The van der Waals surface area contributed by atoms with Gasteiger partial charge in [-0.2, -0.15) is 0 Å². The summed E-state index contributed by atoms with van der Waals surface area (Å²) in [7, 11) is 0. The van der Waals surface area contributed by atoms with Crippen molar-refractivity contribution in [1.29, 1.82) is 0 Å². The Morgan fingerprint density at radius 3 is 0.813 bits per heavy atom. The summed E-state index contributed by atoms with van der Waals surface area (Å²) < 4.78 is 2.45. The molecule has 0 aliphatic heterocycles. The van der Waals surface area contributed by atoms with Crippen molar-refractivity contribution >= 4 is 86.4 Å². The monoisotopic (exact) mass is 953 g/mol. The Morgan fingerprint density at radius 2 is 0.467 bits per heavy atom. The van der Waals surface area contributed by atoms with Crippen molar-refractivity contribution in [3.05, 3.63) is 273 Å². The van der Waals surface area contributed by atoms with E-state index in [-0.39, 0.29) is 0 Å². The molecule has 0 N–H and O–H groups in total. The Bertz CT molecular complexity index is 4470. The second-order valence-corrected chi connectivity index (χ2v) is 19.6. The fourth-order valence-corrected chi connectivity index (χ4v) is 12.0. The SMILES string of the molecule is CC.c1ccc2c(c1)cc(-c1ccc(-c3ccc4c(c3)c3cc(-c5ccc(-c6cc7ccccc7c7ccccc67)cc5)ccc3n4-c3ccc(-c4cc5ccccc5c5ccccc45)cc3)cc1)c1ccccc12. The third kappa shape index (κ3) is 7.39. The topological polar surface area (TPSA) is 4.93 Å². The average molecular weight is 954 g/mol. The average Bonchev–Trinajstić information content (AvgIpc) is 3.82. The number of hydrogen-bond donors (Lipinski definition) is 0. The van der Waals surface area contributed by atoms with Crippen molar-refractivity contribution < 1.29 is 0 Å². The minimum absolute atomic E-state index is 1.13. The van der Waals surface area contributed by atoms with Crippen molar-refractivity contribution in [2.75, 3.05) is 0 Å².